The fourth-order valence-electron chi connectivity index (χ4n) is 3.27. The van der Waals surface area contributed by atoms with Crippen molar-refractivity contribution in [3.63, 3.8) is 0 Å². The number of carbonyl (C=O) groups is 1. The number of aromatic nitrogens is 1. The molecule has 4 heteroatoms. The van der Waals surface area contributed by atoms with Gasteiger partial charge in [-0.15, -0.1) is 0 Å². The second-order valence-corrected chi connectivity index (χ2v) is 5.32. The van der Waals surface area contributed by atoms with E-state index < -0.39 is 5.41 Å². The van der Waals surface area contributed by atoms with Crippen molar-refractivity contribution in [2.24, 2.45) is 0 Å². The van der Waals surface area contributed by atoms with Crippen LogP contribution in [0.1, 0.15) is 31.9 Å². The molecule has 1 atom stereocenters. The van der Waals surface area contributed by atoms with Gasteiger partial charge in [0, 0.05) is 12.7 Å². The van der Waals surface area contributed by atoms with Gasteiger partial charge in [0.15, 0.2) is 0 Å². The topological polar surface area (TPSA) is 45.2 Å². The maximum Gasteiger partial charge on any atom is 0.238 e. The highest BCUT2D eigenvalue weighted by atomic mass is 16.2. The summed E-state index contributed by atoms with van der Waals surface area (Å²) in [5.41, 5.74) is 1.46. The number of carbonyl (C=O) groups excluding carboxylic acids is 1. The van der Waals surface area contributed by atoms with Crippen molar-refractivity contribution in [2.75, 3.05) is 25.0 Å². The molecule has 1 amide bonds. The van der Waals surface area contributed by atoms with Gasteiger partial charge in [-0.05, 0) is 44.5 Å². The largest absolute Gasteiger partial charge is 0.324 e. The molecule has 1 unspecified atom stereocenters. The SMILES string of the molecule is CCCN1CCCC2(C1)C(=O)Nc1cccnc12. The van der Waals surface area contributed by atoms with Gasteiger partial charge in [0.05, 0.1) is 11.4 Å². The average molecular weight is 245 g/mol. The van der Waals surface area contributed by atoms with Gasteiger partial charge in [-0.1, -0.05) is 6.92 Å². The number of rotatable bonds is 2. The third kappa shape index (κ3) is 1.63. The van der Waals surface area contributed by atoms with E-state index in [1.54, 1.807) is 6.20 Å². The Kier molecular flexibility index (Phi) is 2.82. The summed E-state index contributed by atoms with van der Waals surface area (Å²) in [6.45, 7) is 5.17. The molecule has 0 aromatic carbocycles. The minimum Gasteiger partial charge on any atom is -0.324 e. The maximum atomic E-state index is 12.4. The fraction of sp³-hybridized carbons (Fsp3) is 0.571. The van der Waals surface area contributed by atoms with E-state index in [1.807, 2.05) is 12.1 Å². The number of piperidine rings is 1. The van der Waals surface area contributed by atoms with Crippen LogP contribution >= 0.6 is 0 Å². The van der Waals surface area contributed by atoms with Crippen molar-refractivity contribution in [3.05, 3.63) is 24.0 Å². The van der Waals surface area contributed by atoms with Gasteiger partial charge < -0.3 is 10.2 Å². The second kappa shape index (κ2) is 4.35. The number of likely N-dealkylation sites (tertiary alicyclic amines) is 1. The quantitative estimate of drug-likeness (QED) is 0.863. The molecule has 0 saturated carbocycles. The molecule has 3 rings (SSSR count). The van der Waals surface area contributed by atoms with Crippen molar-refractivity contribution in [2.45, 2.75) is 31.6 Å². The fourth-order valence-corrected chi connectivity index (χ4v) is 3.27. The van der Waals surface area contributed by atoms with Crippen LogP contribution in [-0.2, 0) is 10.2 Å². The summed E-state index contributed by atoms with van der Waals surface area (Å²) in [6.07, 6.45) is 4.92. The van der Waals surface area contributed by atoms with Crippen LogP contribution in [0.5, 0.6) is 0 Å². The first-order valence-electron chi connectivity index (χ1n) is 6.75. The highest BCUT2D eigenvalue weighted by Crippen LogP contribution is 2.42. The Morgan fingerprint density at radius 1 is 1.56 bits per heavy atom. The number of hydrogen-bond donors (Lipinski definition) is 1. The van der Waals surface area contributed by atoms with E-state index in [2.05, 4.69) is 22.1 Å². The third-order valence-corrected chi connectivity index (χ3v) is 4.06. The van der Waals surface area contributed by atoms with E-state index in [4.69, 9.17) is 0 Å². The van der Waals surface area contributed by atoms with E-state index in [1.165, 1.54) is 0 Å². The molecule has 3 heterocycles. The van der Waals surface area contributed by atoms with Crippen LogP contribution in [0.2, 0.25) is 0 Å². The van der Waals surface area contributed by atoms with Gasteiger partial charge in [0.1, 0.15) is 5.41 Å². The molecule has 1 aromatic heterocycles. The van der Waals surface area contributed by atoms with Crippen LogP contribution in [0.3, 0.4) is 0 Å². The molecule has 0 radical (unpaired) electrons. The van der Waals surface area contributed by atoms with Crippen molar-refractivity contribution >= 4 is 11.6 Å². The molecule has 0 aliphatic carbocycles. The molecular formula is C14H19N3O. The van der Waals surface area contributed by atoms with Crippen molar-refractivity contribution in [1.29, 1.82) is 0 Å². The highest BCUT2D eigenvalue weighted by molar-refractivity contribution is 6.05. The summed E-state index contributed by atoms with van der Waals surface area (Å²) in [5.74, 6) is 0.136. The molecule has 1 saturated heterocycles. The zero-order chi connectivity index (χ0) is 12.6. The molecule has 96 valence electrons. The summed E-state index contributed by atoms with van der Waals surface area (Å²) < 4.78 is 0. The van der Waals surface area contributed by atoms with Gasteiger partial charge in [-0.25, -0.2) is 0 Å². The van der Waals surface area contributed by atoms with Crippen molar-refractivity contribution in [1.82, 2.24) is 9.88 Å². The van der Waals surface area contributed by atoms with Gasteiger partial charge in [-0.3, -0.25) is 9.78 Å². The van der Waals surface area contributed by atoms with Gasteiger partial charge in [-0.2, -0.15) is 0 Å². The highest BCUT2D eigenvalue weighted by Gasteiger charge is 2.50. The number of hydrogen-bond acceptors (Lipinski definition) is 3. The molecule has 0 bridgehead atoms. The first-order valence-corrected chi connectivity index (χ1v) is 6.75. The Labute approximate surface area is 107 Å². The van der Waals surface area contributed by atoms with Crippen LogP contribution < -0.4 is 5.32 Å². The molecular weight excluding hydrogens is 226 g/mol. The molecule has 1 spiro atoms. The van der Waals surface area contributed by atoms with E-state index in [0.29, 0.717) is 0 Å². The average Bonchev–Trinajstić information content (AvgIpc) is 2.64. The Hall–Kier alpha value is -1.42. The minimum absolute atomic E-state index is 0.136. The Bertz CT molecular complexity index is 472. The van der Waals surface area contributed by atoms with Crippen LogP contribution in [0.25, 0.3) is 0 Å². The Morgan fingerprint density at radius 2 is 2.44 bits per heavy atom. The molecule has 2 aliphatic rings. The third-order valence-electron chi connectivity index (χ3n) is 4.06. The summed E-state index contributed by atoms with van der Waals surface area (Å²) in [6, 6.07) is 3.83. The van der Waals surface area contributed by atoms with Crippen LogP contribution in [0.4, 0.5) is 5.69 Å². The van der Waals surface area contributed by atoms with Crippen molar-refractivity contribution in [3.8, 4) is 0 Å². The van der Waals surface area contributed by atoms with E-state index in [9.17, 15) is 4.79 Å². The summed E-state index contributed by atoms with van der Waals surface area (Å²) >= 11 is 0. The molecule has 18 heavy (non-hydrogen) atoms. The number of nitrogens with one attached hydrogen (secondary N) is 1. The monoisotopic (exact) mass is 245 g/mol. The van der Waals surface area contributed by atoms with Gasteiger partial charge >= 0.3 is 0 Å². The Balaban J connectivity index is 1.96. The minimum atomic E-state index is -0.399. The lowest BCUT2D eigenvalue weighted by Crippen LogP contribution is -2.50. The van der Waals surface area contributed by atoms with Crippen LogP contribution in [-0.4, -0.2) is 35.4 Å². The van der Waals surface area contributed by atoms with Gasteiger partial charge in [0.25, 0.3) is 0 Å². The predicted octanol–water partition coefficient (Wildman–Crippen LogP) is 1.78. The normalized spacial score (nSPS) is 27.3. The Morgan fingerprint density at radius 3 is 3.28 bits per heavy atom. The number of pyridine rings is 1. The molecule has 4 nitrogen and oxygen atoms in total. The summed E-state index contributed by atoms with van der Waals surface area (Å²) in [4.78, 5) is 19.2. The van der Waals surface area contributed by atoms with E-state index in [-0.39, 0.29) is 5.91 Å². The second-order valence-electron chi connectivity index (χ2n) is 5.32. The first kappa shape index (κ1) is 11.7. The molecule has 2 aliphatic heterocycles. The van der Waals surface area contributed by atoms with Crippen LogP contribution in [0, 0.1) is 0 Å². The number of anilines is 1. The smallest absolute Gasteiger partial charge is 0.238 e. The maximum absolute atomic E-state index is 12.4. The van der Waals surface area contributed by atoms with E-state index >= 15 is 0 Å². The number of nitrogens with zero attached hydrogens (tertiary/aromatic N) is 2. The standard InChI is InChI=1S/C14H19N3O/c1-2-8-17-9-4-6-14(10-17)12-11(16-13(14)18)5-3-7-15-12/h3,5,7H,2,4,6,8-10H2,1H3,(H,16,18). The molecule has 1 N–H and O–H groups in total. The lowest BCUT2D eigenvalue weighted by atomic mass is 9.77. The predicted molar refractivity (Wildman–Crippen MR) is 70.5 cm³/mol. The van der Waals surface area contributed by atoms with Crippen LogP contribution in [0.15, 0.2) is 18.3 Å². The van der Waals surface area contributed by atoms with Crippen molar-refractivity contribution < 1.29 is 4.79 Å². The lowest BCUT2D eigenvalue weighted by Gasteiger charge is -2.38. The first-order chi connectivity index (χ1) is 8.76. The van der Waals surface area contributed by atoms with E-state index in [0.717, 1.165) is 50.3 Å². The van der Waals surface area contributed by atoms with Gasteiger partial charge in [0.2, 0.25) is 5.91 Å². The summed E-state index contributed by atoms with van der Waals surface area (Å²) in [7, 11) is 0. The zero-order valence-corrected chi connectivity index (χ0v) is 10.8. The molecule has 1 fully saturated rings. The number of fused-ring (bicyclic) bond motifs is 2. The molecule has 1 aromatic rings. The lowest BCUT2D eigenvalue weighted by molar-refractivity contribution is -0.123. The zero-order valence-electron chi connectivity index (χ0n) is 10.8. The number of amides is 1. The summed E-state index contributed by atoms with van der Waals surface area (Å²) in [5, 5.41) is 2.99.